The van der Waals surface area contributed by atoms with E-state index in [1.165, 1.54) is 16.9 Å². The maximum absolute atomic E-state index is 13.0. The number of thiazole rings is 1. The average molecular weight is 445 g/mol. The minimum absolute atomic E-state index is 0.0872. The van der Waals surface area contributed by atoms with Crippen molar-refractivity contribution in [3.8, 4) is 0 Å². The van der Waals surface area contributed by atoms with Crippen molar-refractivity contribution >= 4 is 44.5 Å². The Balaban J connectivity index is 1.77. The van der Waals surface area contributed by atoms with Gasteiger partial charge in [-0.05, 0) is 36.8 Å². The highest BCUT2D eigenvalue weighted by atomic mass is 35.5. The number of anilines is 1. The SMILES string of the molecule is Cc1ccc(S(=O)(=O)c2nc(/C=C3/N(C)c4ccccc4C3(C)C)sc2Cl)cc1. The number of rotatable bonds is 3. The van der Waals surface area contributed by atoms with E-state index in [0.717, 1.165) is 16.9 Å². The summed E-state index contributed by atoms with van der Waals surface area (Å²) in [5, 5.41) is 0.485. The van der Waals surface area contributed by atoms with Crippen molar-refractivity contribution in [2.75, 3.05) is 11.9 Å². The number of aromatic nitrogens is 1. The summed E-state index contributed by atoms with van der Waals surface area (Å²) in [5.41, 5.74) is 4.18. The fraction of sp³-hybridized carbons (Fsp3) is 0.227. The van der Waals surface area contributed by atoms with Crippen molar-refractivity contribution in [1.82, 2.24) is 4.98 Å². The molecule has 0 saturated heterocycles. The van der Waals surface area contributed by atoms with Crippen LogP contribution >= 0.6 is 22.9 Å². The van der Waals surface area contributed by atoms with Gasteiger partial charge in [0.05, 0.1) is 4.90 Å². The molecule has 4 nitrogen and oxygen atoms in total. The van der Waals surface area contributed by atoms with Crippen LogP contribution in [0.1, 0.15) is 30.0 Å². The number of aryl methyl sites for hydroxylation is 1. The van der Waals surface area contributed by atoms with Crippen LogP contribution in [-0.4, -0.2) is 20.4 Å². The van der Waals surface area contributed by atoms with Crippen LogP contribution in [-0.2, 0) is 15.3 Å². The summed E-state index contributed by atoms with van der Waals surface area (Å²) in [6, 6.07) is 15.0. The van der Waals surface area contributed by atoms with E-state index in [4.69, 9.17) is 11.6 Å². The highest BCUT2D eigenvalue weighted by Gasteiger charge is 2.38. The zero-order chi connectivity index (χ0) is 21.0. The Bertz CT molecular complexity index is 1230. The molecule has 7 heteroatoms. The van der Waals surface area contributed by atoms with Crippen LogP contribution in [0.15, 0.2) is 64.1 Å². The summed E-state index contributed by atoms with van der Waals surface area (Å²) in [6.07, 6.45) is 1.94. The highest BCUT2D eigenvalue weighted by Crippen LogP contribution is 2.47. The van der Waals surface area contributed by atoms with Crippen LogP contribution < -0.4 is 4.90 Å². The molecule has 150 valence electrons. The van der Waals surface area contributed by atoms with E-state index >= 15 is 0 Å². The maximum Gasteiger partial charge on any atom is 0.226 e. The molecule has 0 fully saturated rings. The average Bonchev–Trinajstić information content (AvgIpc) is 3.14. The van der Waals surface area contributed by atoms with E-state index in [9.17, 15) is 8.42 Å². The second kappa shape index (κ2) is 6.97. The summed E-state index contributed by atoms with van der Waals surface area (Å²) in [6.45, 7) is 6.22. The smallest absolute Gasteiger partial charge is 0.226 e. The van der Waals surface area contributed by atoms with Crippen LogP contribution in [0.4, 0.5) is 5.69 Å². The first-order chi connectivity index (χ1) is 13.6. The fourth-order valence-corrected chi connectivity index (χ4v) is 6.60. The normalized spacial score (nSPS) is 17.0. The van der Waals surface area contributed by atoms with E-state index in [-0.39, 0.29) is 19.7 Å². The van der Waals surface area contributed by atoms with Gasteiger partial charge in [-0.15, -0.1) is 11.3 Å². The quantitative estimate of drug-likeness (QED) is 0.519. The first-order valence-electron chi connectivity index (χ1n) is 9.16. The maximum atomic E-state index is 13.0. The van der Waals surface area contributed by atoms with Crippen molar-refractivity contribution in [1.29, 1.82) is 0 Å². The number of likely N-dealkylation sites (N-methyl/N-ethyl adjacent to an activating group) is 1. The molecular weight excluding hydrogens is 424 g/mol. The van der Waals surface area contributed by atoms with Crippen LogP contribution in [0.25, 0.3) is 6.08 Å². The summed E-state index contributed by atoms with van der Waals surface area (Å²) in [5.74, 6) is 0. The predicted molar refractivity (Wildman–Crippen MR) is 120 cm³/mol. The molecule has 2 aromatic carbocycles. The van der Waals surface area contributed by atoms with Crippen molar-refractivity contribution in [3.63, 3.8) is 0 Å². The van der Waals surface area contributed by atoms with Crippen molar-refractivity contribution in [3.05, 3.63) is 74.7 Å². The van der Waals surface area contributed by atoms with Crippen LogP contribution in [0.5, 0.6) is 0 Å². The first-order valence-corrected chi connectivity index (χ1v) is 11.8. The largest absolute Gasteiger partial charge is 0.347 e. The minimum Gasteiger partial charge on any atom is -0.347 e. The van der Waals surface area contributed by atoms with Crippen LogP contribution in [0, 0.1) is 6.92 Å². The van der Waals surface area contributed by atoms with Crippen LogP contribution in [0.3, 0.4) is 0 Å². The zero-order valence-electron chi connectivity index (χ0n) is 16.6. The van der Waals surface area contributed by atoms with Crippen molar-refractivity contribution in [2.24, 2.45) is 0 Å². The van der Waals surface area contributed by atoms with Gasteiger partial charge in [0.25, 0.3) is 0 Å². The number of halogens is 1. The number of benzene rings is 2. The van der Waals surface area contributed by atoms with Gasteiger partial charge in [0.2, 0.25) is 9.84 Å². The molecule has 0 amide bonds. The molecule has 0 unspecified atom stereocenters. The topological polar surface area (TPSA) is 50.3 Å². The van der Waals surface area contributed by atoms with Gasteiger partial charge in [0.1, 0.15) is 9.34 Å². The third kappa shape index (κ3) is 3.29. The molecule has 29 heavy (non-hydrogen) atoms. The number of sulfone groups is 1. The summed E-state index contributed by atoms with van der Waals surface area (Å²) >= 11 is 7.51. The second-order valence-corrected chi connectivity index (χ2v) is 11.2. The van der Waals surface area contributed by atoms with Gasteiger partial charge in [0, 0.05) is 23.8 Å². The number of hydrogen-bond acceptors (Lipinski definition) is 5. The fourth-order valence-electron chi connectivity index (χ4n) is 3.73. The molecule has 1 aliphatic heterocycles. The lowest BCUT2D eigenvalue weighted by atomic mass is 9.84. The van der Waals surface area contributed by atoms with Crippen LogP contribution in [0.2, 0.25) is 4.34 Å². The Morgan fingerprint density at radius 1 is 1.10 bits per heavy atom. The summed E-state index contributed by atoms with van der Waals surface area (Å²) < 4.78 is 26.2. The number of hydrogen-bond donors (Lipinski definition) is 0. The third-order valence-corrected chi connectivity index (χ3v) is 8.50. The molecule has 0 N–H and O–H groups in total. The molecule has 0 atom stereocenters. The van der Waals surface area contributed by atoms with Crippen molar-refractivity contribution < 1.29 is 8.42 Å². The molecule has 0 spiro atoms. The molecule has 1 aliphatic rings. The highest BCUT2D eigenvalue weighted by molar-refractivity contribution is 7.91. The van der Waals surface area contributed by atoms with E-state index in [1.54, 1.807) is 24.3 Å². The Kier molecular flexibility index (Phi) is 4.84. The van der Waals surface area contributed by atoms with Gasteiger partial charge in [-0.2, -0.15) is 0 Å². The van der Waals surface area contributed by atoms with Gasteiger partial charge in [-0.25, -0.2) is 13.4 Å². The third-order valence-electron chi connectivity index (χ3n) is 5.36. The minimum atomic E-state index is -3.77. The molecule has 2 heterocycles. The Morgan fingerprint density at radius 2 is 1.76 bits per heavy atom. The zero-order valence-corrected chi connectivity index (χ0v) is 19.0. The molecule has 0 bridgehead atoms. The lowest BCUT2D eigenvalue weighted by Gasteiger charge is -2.23. The van der Waals surface area contributed by atoms with Gasteiger partial charge < -0.3 is 4.90 Å². The van der Waals surface area contributed by atoms with E-state index < -0.39 is 9.84 Å². The number of nitrogens with zero attached hydrogens (tertiary/aromatic N) is 2. The molecule has 1 aromatic heterocycles. The number of allylic oxidation sites excluding steroid dienone is 1. The molecule has 0 saturated carbocycles. The number of para-hydroxylation sites is 1. The molecule has 3 aromatic rings. The molecule has 4 rings (SSSR count). The number of fused-ring (bicyclic) bond motifs is 1. The first kappa shape index (κ1) is 20.1. The van der Waals surface area contributed by atoms with Gasteiger partial charge in [-0.1, -0.05) is 61.3 Å². The molecule has 0 aliphatic carbocycles. The predicted octanol–water partition coefficient (Wildman–Crippen LogP) is 5.71. The van der Waals surface area contributed by atoms with Gasteiger partial charge in [-0.3, -0.25) is 0 Å². The van der Waals surface area contributed by atoms with Gasteiger partial charge in [0.15, 0.2) is 5.03 Å². The van der Waals surface area contributed by atoms with E-state index in [1.807, 2.05) is 32.2 Å². The Labute approximate surface area is 180 Å². The molecular formula is C22H21ClN2O2S2. The second-order valence-electron chi connectivity index (χ2n) is 7.68. The Morgan fingerprint density at radius 3 is 2.41 bits per heavy atom. The Hall–Kier alpha value is -2.15. The van der Waals surface area contributed by atoms with E-state index in [2.05, 4.69) is 35.9 Å². The van der Waals surface area contributed by atoms with E-state index in [0.29, 0.717) is 5.01 Å². The van der Waals surface area contributed by atoms with Crippen molar-refractivity contribution in [2.45, 2.75) is 36.1 Å². The monoisotopic (exact) mass is 444 g/mol. The van der Waals surface area contributed by atoms with Gasteiger partial charge >= 0.3 is 0 Å². The lowest BCUT2D eigenvalue weighted by molar-refractivity contribution is 0.593. The summed E-state index contributed by atoms with van der Waals surface area (Å²) in [4.78, 5) is 6.72. The summed E-state index contributed by atoms with van der Waals surface area (Å²) in [7, 11) is -1.76. The standard InChI is InChI=1S/C22H21ClN2O2S2/c1-14-9-11-15(12-10-14)29(26,27)21-20(23)28-19(24-21)13-18-22(2,3)16-7-5-6-8-17(16)25(18)4/h5-13H,1-4H3/b18-13+. The molecule has 0 radical (unpaired) electrons. The lowest BCUT2D eigenvalue weighted by Crippen LogP contribution is -2.22.